The number of carbonyl (C=O) groups is 2. The smallest absolute Gasteiger partial charge is 0.246 e. The van der Waals surface area contributed by atoms with Gasteiger partial charge in [-0.15, -0.1) is 0 Å². The largest absolute Gasteiger partial charge is 0.331 e. The molecular formula is C25H29FN4O2. The first-order valence-corrected chi connectivity index (χ1v) is 10.7. The number of nitrogens with zero attached hydrogens (tertiary/aromatic N) is 3. The summed E-state index contributed by atoms with van der Waals surface area (Å²) in [5, 5.41) is 2.81. The molecule has 1 aromatic heterocycles. The fourth-order valence-electron chi connectivity index (χ4n) is 3.31. The van der Waals surface area contributed by atoms with Gasteiger partial charge in [-0.05, 0) is 38.5 Å². The highest BCUT2D eigenvalue weighted by Crippen LogP contribution is 2.25. The number of carbonyl (C=O) groups excluding carboxylic acids is 2. The van der Waals surface area contributed by atoms with Crippen LogP contribution in [0.3, 0.4) is 0 Å². The fourth-order valence-corrected chi connectivity index (χ4v) is 3.31. The summed E-state index contributed by atoms with van der Waals surface area (Å²) in [6.07, 6.45) is 1.76. The van der Waals surface area contributed by atoms with Crippen molar-refractivity contribution in [3.8, 4) is 16.9 Å². The van der Waals surface area contributed by atoms with Crippen molar-refractivity contribution in [2.24, 2.45) is 5.92 Å². The third-order valence-electron chi connectivity index (χ3n) is 5.17. The number of benzene rings is 2. The molecule has 0 bridgehead atoms. The molecule has 0 aliphatic rings. The molecular weight excluding hydrogens is 407 g/mol. The minimum Gasteiger partial charge on any atom is -0.331 e. The maximum atomic E-state index is 14.2. The Bertz CT molecular complexity index is 1110. The lowest BCUT2D eigenvalue weighted by Gasteiger charge is -2.27. The van der Waals surface area contributed by atoms with Crippen LogP contribution in [0.2, 0.25) is 0 Å². The Morgan fingerprint density at radius 2 is 1.78 bits per heavy atom. The van der Waals surface area contributed by atoms with Crippen LogP contribution in [0.1, 0.15) is 33.3 Å². The van der Waals surface area contributed by atoms with Gasteiger partial charge in [-0.1, -0.05) is 50.2 Å². The maximum absolute atomic E-state index is 14.2. The number of rotatable bonds is 7. The van der Waals surface area contributed by atoms with Gasteiger partial charge < -0.3 is 4.90 Å². The summed E-state index contributed by atoms with van der Waals surface area (Å²) in [7, 11) is 0. The predicted octanol–water partition coefficient (Wildman–Crippen LogP) is 4.82. The summed E-state index contributed by atoms with van der Waals surface area (Å²) >= 11 is 0. The van der Waals surface area contributed by atoms with Gasteiger partial charge in [0.15, 0.2) is 0 Å². The zero-order chi connectivity index (χ0) is 23.4. The van der Waals surface area contributed by atoms with Crippen molar-refractivity contribution in [2.45, 2.75) is 40.7 Å². The van der Waals surface area contributed by atoms with Crippen LogP contribution in [0.15, 0.2) is 54.7 Å². The van der Waals surface area contributed by atoms with Crippen LogP contribution < -0.4 is 5.32 Å². The molecule has 0 aliphatic carbocycles. The number of amides is 2. The first-order chi connectivity index (χ1) is 15.2. The molecule has 2 aromatic carbocycles. The van der Waals surface area contributed by atoms with Crippen molar-refractivity contribution < 1.29 is 14.0 Å². The third-order valence-corrected chi connectivity index (χ3v) is 5.17. The molecule has 3 rings (SSSR count). The van der Waals surface area contributed by atoms with Gasteiger partial charge in [-0.25, -0.2) is 9.37 Å². The molecule has 0 atom stereocenters. The lowest BCUT2D eigenvalue weighted by molar-refractivity contribution is -0.139. The zero-order valence-electron chi connectivity index (χ0n) is 19.1. The minimum absolute atomic E-state index is 0.0928. The molecule has 0 saturated heterocycles. The molecule has 0 spiro atoms. The van der Waals surface area contributed by atoms with E-state index in [1.807, 2.05) is 44.2 Å². The Balaban J connectivity index is 1.95. The molecule has 7 heteroatoms. The Labute approximate surface area is 188 Å². The van der Waals surface area contributed by atoms with Gasteiger partial charge in [0.1, 0.15) is 12.4 Å². The van der Waals surface area contributed by atoms with Gasteiger partial charge in [0.2, 0.25) is 17.8 Å². The summed E-state index contributed by atoms with van der Waals surface area (Å²) in [4.78, 5) is 31.5. The Hall–Kier alpha value is -3.48. The highest BCUT2D eigenvalue weighted by molar-refractivity contribution is 5.94. The van der Waals surface area contributed by atoms with Gasteiger partial charge in [-0.2, -0.15) is 0 Å². The van der Waals surface area contributed by atoms with Crippen molar-refractivity contribution in [3.63, 3.8) is 0 Å². The number of aryl methyl sites for hydroxylation is 1. The van der Waals surface area contributed by atoms with Crippen LogP contribution in [0, 0.1) is 18.7 Å². The van der Waals surface area contributed by atoms with E-state index in [4.69, 9.17) is 0 Å². The molecule has 1 N–H and O–H groups in total. The van der Waals surface area contributed by atoms with E-state index >= 15 is 0 Å². The van der Waals surface area contributed by atoms with Crippen molar-refractivity contribution in [1.82, 2.24) is 14.5 Å². The summed E-state index contributed by atoms with van der Waals surface area (Å²) in [6.45, 7) is 8.96. The van der Waals surface area contributed by atoms with Crippen molar-refractivity contribution in [1.29, 1.82) is 0 Å². The second kappa shape index (κ2) is 9.77. The molecule has 1 heterocycles. The number of anilines is 1. The maximum Gasteiger partial charge on any atom is 0.246 e. The van der Waals surface area contributed by atoms with Crippen LogP contribution in [-0.4, -0.2) is 38.9 Å². The number of hydrogen-bond donors (Lipinski definition) is 1. The molecule has 168 valence electrons. The van der Waals surface area contributed by atoms with E-state index in [2.05, 4.69) is 10.3 Å². The monoisotopic (exact) mass is 436 g/mol. The van der Waals surface area contributed by atoms with Gasteiger partial charge >= 0.3 is 0 Å². The topological polar surface area (TPSA) is 67.2 Å². The van der Waals surface area contributed by atoms with E-state index in [0.717, 1.165) is 5.56 Å². The van der Waals surface area contributed by atoms with E-state index in [9.17, 15) is 14.0 Å². The highest BCUT2D eigenvalue weighted by atomic mass is 19.1. The Kier molecular flexibility index (Phi) is 7.08. The van der Waals surface area contributed by atoms with E-state index in [0.29, 0.717) is 16.9 Å². The second-order valence-electron chi connectivity index (χ2n) is 8.38. The van der Waals surface area contributed by atoms with Gasteiger partial charge in [0, 0.05) is 23.7 Å². The molecule has 0 radical (unpaired) electrons. The Morgan fingerprint density at radius 1 is 1.09 bits per heavy atom. The van der Waals surface area contributed by atoms with Crippen LogP contribution in [0.25, 0.3) is 16.9 Å². The molecule has 0 fully saturated rings. The SMILES string of the molecule is Cc1ccc(-n2cc(-c3ccccc3)nc2NC(=O)CN(C(=O)C(C)C)C(C)C)cc1F. The van der Waals surface area contributed by atoms with Gasteiger partial charge in [-0.3, -0.25) is 19.5 Å². The minimum atomic E-state index is -0.369. The lowest BCUT2D eigenvalue weighted by Crippen LogP contribution is -2.44. The van der Waals surface area contributed by atoms with Crippen molar-refractivity contribution >= 4 is 17.8 Å². The average molecular weight is 437 g/mol. The number of nitrogens with one attached hydrogen (secondary N) is 1. The quantitative estimate of drug-likeness (QED) is 0.578. The lowest BCUT2D eigenvalue weighted by atomic mass is 10.1. The summed E-state index contributed by atoms with van der Waals surface area (Å²) in [5.74, 6) is -0.760. The van der Waals surface area contributed by atoms with Gasteiger partial charge in [0.25, 0.3) is 0 Å². The van der Waals surface area contributed by atoms with Crippen LogP contribution in [0.5, 0.6) is 0 Å². The van der Waals surface area contributed by atoms with Crippen LogP contribution in [0.4, 0.5) is 10.3 Å². The van der Waals surface area contributed by atoms with Crippen molar-refractivity contribution in [2.75, 3.05) is 11.9 Å². The molecule has 0 unspecified atom stereocenters. The zero-order valence-corrected chi connectivity index (χ0v) is 19.1. The average Bonchev–Trinajstić information content (AvgIpc) is 3.17. The molecule has 3 aromatic rings. The van der Waals surface area contributed by atoms with Crippen molar-refractivity contribution in [3.05, 3.63) is 66.1 Å². The summed E-state index contributed by atoms with van der Waals surface area (Å²) in [5.41, 5.74) is 2.58. The van der Waals surface area contributed by atoms with Crippen LogP contribution in [-0.2, 0) is 9.59 Å². The van der Waals surface area contributed by atoms with E-state index < -0.39 is 0 Å². The van der Waals surface area contributed by atoms with E-state index in [-0.39, 0.29) is 42.1 Å². The Morgan fingerprint density at radius 3 is 2.38 bits per heavy atom. The first kappa shape index (κ1) is 23.2. The third kappa shape index (κ3) is 5.22. The molecule has 2 amide bonds. The van der Waals surface area contributed by atoms with E-state index in [1.54, 1.807) is 43.7 Å². The van der Waals surface area contributed by atoms with Crippen LogP contribution >= 0.6 is 0 Å². The standard InChI is InChI=1S/C25H29FN4O2/c1-16(2)24(32)29(17(3)4)15-23(31)28-25-27-22(19-9-7-6-8-10-19)14-30(25)20-12-11-18(5)21(26)13-20/h6-14,16-17H,15H2,1-5H3,(H,27,28,31). The number of imidazole rings is 1. The molecule has 0 aliphatic heterocycles. The van der Waals surface area contributed by atoms with E-state index in [1.165, 1.54) is 11.0 Å². The molecule has 6 nitrogen and oxygen atoms in total. The normalized spacial score (nSPS) is 11.1. The number of halogens is 1. The van der Waals surface area contributed by atoms with Gasteiger partial charge in [0.05, 0.1) is 11.4 Å². The number of hydrogen-bond acceptors (Lipinski definition) is 3. The summed E-state index contributed by atoms with van der Waals surface area (Å²) < 4.78 is 15.9. The predicted molar refractivity (Wildman–Crippen MR) is 124 cm³/mol. The first-order valence-electron chi connectivity index (χ1n) is 10.7. The second-order valence-corrected chi connectivity index (χ2v) is 8.38. The molecule has 0 saturated carbocycles. The number of aromatic nitrogens is 2. The highest BCUT2D eigenvalue weighted by Gasteiger charge is 2.23. The fraction of sp³-hybridized carbons (Fsp3) is 0.320. The molecule has 32 heavy (non-hydrogen) atoms. The summed E-state index contributed by atoms with van der Waals surface area (Å²) in [6, 6.07) is 14.3.